The number of fused-ring (bicyclic) bond motifs is 1. The lowest BCUT2D eigenvalue weighted by Crippen LogP contribution is -2.13. The van der Waals surface area contributed by atoms with Crippen LogP contribution in [0.25, 0.3) is 0 Å². The van der Waals surface area contributed by atoms with Crippen molar-refractivity contribution in [2.24, 2.45) is 12.8 Å². The molecule has 1 aliphatic rings. The predicted octanol–water partition coefficient (Wildman–Crippen LogP) is 1.19. The van der Waals surface area contributed by atoms with Crippen LogP contribution in [0.1, 0.15) is 36.4 Å². The third-order valence-corrected chi connectivity index (χ3v) is 2.84. The van der Waals surface area contributed by atoms with Crippen LogP contribution in [0.3, 0.4) is 0 Å². The van der Waals surface area contributed by atoms with Crippen molar-refractivity contribution in [3.8, 4) is 0 Å². The second kappa shape index (κ2) is 3.50. The van der Waals surface area contributed by atoms with Gasteiger partial charge in [-0.1, -0.05) is 0 Å². The Morgan fingerprint density at radius 2 is 2.54 bits per heavy atom. The molecule has 3 heteroatoms. The molecule has 0 saturated carbocycles. The van der Waals surface area contributed by atoms with E-state index in [-0.39, 0.29) is 0 Å². The summed E-state index contributed by atoms with van der Waals surface area (Å²) in [5, 5.41) is 4.51. The molecule has 3 nitrogen and oxygen atoms in total. The van der Waals surface area contributed by atoms with Crippen molar-refractivity contribution in [1.82, 2.24) is 9.78 Å². The van der Waals surface area contributed by atoms with Gasteiger partial charge in [0.1, 0.15) is 0 Å². The number of rotatable bonds is 2. The summed E-state index contributed by atoms with van der Waals surface area (Å²) in [6.07, 6.45) is 7.00. The zero-order valence-electron chi connectivity index (χ0n) is 8.16. The maximum Gasteiger partial charge on any atom is 0.0687 e. The third-order valence-electron chi connectivity index (χ3n) is 2.84. The minimum absolute atomic E-state index is 0.620. The first-order valence-electron chi connectivity index (χ1n) is 5.03. The van der Waals surface area contributed by atoms with Gasteiger partial charge in [-0.2, -0.15) is 5.10 Å². The number of aromatic nitrogens is 2. The van der Waals surface area contributed by atoms with Gasteiger partial charge in [0.2, 0.25) is 0 Å². The van der Waals surface area contributed by atoms with Crippen molar-refractivity contribution < 1.29 is 0 Å². The molecule has 0 aromatic carbocycles. The highest BCUT2D eigenvalue weighted by Gasteiger charge is 2.22. The normalized spacial score (nSPS) is 21.5. The molecule has 0 aliphatic heterocycles. The van der Waals surface area contributed by atoms with Crippen LogP contribution in [0, 0.1) is 0 Å². The van der Waals surface area contributed by atoms with Crippen LogP contribution < -0.4 is 5.73 Å². The average Bonchev–Trinajstić information content (AvgIpc) is 2.47. The van der Waals surface area contributed by atoms with Gasteiger partial charge < -0.3 is 5.73 Å². The standard InChI is InChI=1S/C10H17N3/c1-13-7-9-4-2-3-8(5-6-11)10(9)12-13/h7-8H,2-6,11H2,1H3. The van der Waals surface area contributed by atoms with Crippen LogP contribution in [0.5, 0.6) is 0 Å². The van der Waals surface area contributed by atoms with Crippen molar-refractivity contribution in [2.45, 2.75) is 31.6 Å². The van der Waals surface area contributed by atoms with E-state index in [2.05, 4.69) is 11.3 Å². The largest absolute Gasteiger partial charge is 0.330 e. The molecule has 0 radical (unpaired) electrons. The van der Waals surface area contributed by atoms with Crippen molar-refractivity contribution in [2.75, 3.05) is 6.54 Å². The quantitative estimate of drug-likeness (QED) is 0.741. The molecule has 0 fully saturated rings. The van der Waals surface area contributed by atoms with E-state index in [1.54, 1.807) is 0 Å². The summed E-state index contributed by atoms with van der Waals surface area (Å²) < 4.78 is 1.93. The summed E-state index contributed by atoms with van der Waals surface area (Å²) in [7, 11) is 2.00. The molecule has 1 unspecified atom stereocenters. The van der Waals surface area contributed by atoms with E-state index in [0.717, 1.165) is 13.0 Å². The first kappa shape index (κ1) is 8.75. The fourth-order valence-electron chi connectivity index (χ4n) is 2.25. The second-order valence-electron chi connectivity index (χ2n) is 3.88. The number of nitrogens with zero attached hydrogens (tertiary/aromatic N) is 2. The van der Waals surface area contributed by atoms with Crippen LogP contribution in [0.15, 0.2) is 6.20 Å². The van der Waals surface area contributed by atoms with Gasteiger partial charge in [0.15, 0.2) is 0 Å². The van der Waals surface area contributed by atoms with Crippen molar-refractivity contribution >= 4 is 0 Å². The molecule has 2 N–H and O–H groups in total. The van der Waals surface area contributed by atoms with Gasteiger partial charge in [0, 0.05) is 19.2 Å². The van der Waals surface area contributed by atoms with Gasteiger partial charge in [-0.3, -0.25) is 4.68 Å². The lowest BCUT2D eigenvalue weighted by Gasteiger charge is -2.19. The number of hydrogen-bond donors (Lipinski definition) is 1. The van der Waals surface area contributed by atoms with E-state index >= 15 is 0 Å². The van der Waals surface area contributed by atoms with Crippen LogP contribution >= 0.6 is 0 Å². The molecule has 2 rings (SSSR count). The van der Waals surface area contributed by atoms with Gasteiger partial charge in [0.05, 0.1) is 5.69 Å². The first-order chi connectivity index (χ1) is 6.31. The zero-order chi connectivity index (χ0) is 9.26. The molecule has 1 aromatic rings. The summed E-state index contributed by atoms with van der Waals surface area (Å²) in [5.74, 6) is 0.620. The van der Waals surface area contributed by atoms with Gasteiger partial charge in [-0.05, 0) is 37.8 Å². The highest BCUT2D eigenvalue weighted by molar-refractivity contribution is 5.23. The summed E-state index contributed by atoms with van der Waals surface area (Å²) in [6, 6.07) is 0. The molecule has 0 spiro atoms. The lowest BCUT2D eigenvalue weighted by atomic mass is 9.86. The van der Waals surface area contributed by atoms with Crippen LogP contribution in [0.2, 0.25) is 0 Å². The molecule has 72 valence electrons. The molecule has 1 aliphatic carbocycles. The first-order valence-corrected chi connectivity index (χ1v) is 5.03. The van der Waals surface area contributed by atoms with Crippen molar-refractivity contribution in [3.63, 3.8) is 0 Å². The molecular weight excluding hydrogens is 162 g/mol. The molecule has 0 saturated heterocycles. The Morgan fingerprint density at radius 1 is 1.69 bits per heavy atom. The van der Waals surface area contributed by atoms with E-state index < -0.39 is 0 Å². The van der Waals surface area contributed by atoms with E-state index in [9.17, 15) is 0 Å². The number of hydrogen-bond acceptors (Lipinski definition) is 2. The van der Waals surface area contributed by atoms with E-state index in [4.69, 9.17) is 5.73 Å². The fourth-order valence-corrected chi connectivity index (χ4v) is 2.25. The van der Waals surface area contributed by atoms with Gasteiger partial charge in [0.25, 0.3) is 0 Å². The minimum Gasteiger partial charge on any atom is -0.330 e. The zero-order valence-corrected chi connectivity index (χ0v) is 8.16. The van der Waals surface area contributed by atoms with E-state index in [1.165, 1.54) is 30.5 Å². The lowest BCUT2D eigenvalue weighted by molar-refractivity contribution is 0.511. The second-order valence-corrected chi connectivity index (χ2v) is 3.88. The molecule has 1 heterocycles. The molecule has 0 amide bonds. The van der Waals surface area contributed by atoms with Gasteiger partial charge in [-0.25, -0.2) is 0 Å². The minimum atomic E-state index is 0.620. The van der Waals surface area contributed by atoms with E-state index in [1.807, 2.05) is 11.7 Å². The van der Waals surface area contributed by atoms with Gasteiger partial charge >= 0.3 is 0 Å². The predicted molar refractivity (Wildman–Crippen MR) is 52.6 cm³/mol. The van der Waals surface area contributed by atoms with Crippen LogP contribution in [0.4, 0.5) is 0 Å². The summed E-state index contributed by atoms with van der Waals surface area (Å²) in [5.41, 5.74) is 8.33. The Labute approximate surface area is 78.9 Å². The Balaban J connectivity index is 2.25. The average molecular weight is 179 g/mol. The SMILES string of the molecule is Cn1cc2c(n1)C(CCN)CCC2. The highest BCUT2D eigenvalue weighted by Crippen LogP contribution is 2.32. The van der Waals surface area contributed by atoms with Crippen LogP contribution in [-0.4, -0.2) is 16.3 Å². The maximum absolute atomic E-state index is 5.59. The molecule has 1 atom stereocenters. The van der Waals surface area contributed by atoms with Crippen molar-refractivity contribution in [3.05, 3.63) is 17.5 Å². The Morgan fingerprint density at radius 3 is 3.31 bits per heavy atom. The summed E-state index contributed by atoms with van der Waals surface area (Å²) in [4.78, 5) is 0. The number of nitrogens with two attached hydrogens (primary N) is 1. The monoisotopic (exact) mass is 179 g/mol. The van der Waals surface area contributed by atoms with Crippen LogP contribution in [-0.2, 0) is 13.5 Å². The molecule has 13 heavy (non-hydrogen) atoms. The third kappa shape index (κ3) is 1.61. The van der Waals surface area contributed by atoms with Gasteiger partial charge in [-0.15, -0.1) is 0 Å². The summed E-state index contributed by atoms with van der Waals surface area (Å²) in [6.45, 7) is 0.778. The number of aryl methyl sites for hydroxylation is 2. The van der Waals surface area contributed by atoms with Crippen molar-refractivity contribution in [1.29, 1.82) is 0 Å². The fraction of sp³-hybridized carbons (Fsp3) is 0.700. The highest BCUT2D eigenvalue weighted by atomic mass is 15.3. The maximum atomic E-state index is 5.59. The topological polar surface area (TPSA) is 43.8 Å². The molecule has 0 bridgehead atoms. The molecular formula is C10H17N3. The van der Waals surface area contributed by atoms with E-state index in [0.29, 0.717) is 5.92 Å². The smallest absolute Gasteiger partial charge is 0.0687 e. The summed E-state index contributed by atoms with van der Waals surface area (Å²) >= 11 is 0. The Kier molecular flexibility index (Phi) is 2.36. The molecule has 1 aromatic heterocycles. The Hall–Kier alpha value is -0.830. The Bertz CT molecular complexity index is 290.